The number of aliphatic imine (C=N–C) groups is 1. The molecule has 0 bridgehead atoms. The van der Waals surface area contributed by atoms with Gasteiger partial charge in [-0.3, -0.25) is 32.8 Å². The third kappa shape index (κ3) is 23.0. The van der Waals surface area contributed by atoms with Gasteiger partial charge in [0.25, 0.3) is 30.4 Å². The number of rotatable bonds is 38. The fourth-order valence-corrected chi connectivity index (χ4v) is 10.7. The molecule has 0 fully saturated rings. The quantitative estimate of drug-likeness (QED) is 0.0207. The van der Waals surface area contributed by atoms with Gasteiger partial charge in [0.1, 0.15) is 6.20 Å². The van der Waals surface area contributed by atoms with E-state index in [2.05, 4.69) is 26.2 Å². The molecule has 1 atom stereocenters. The summed E-state index contributed by atoms with van der Waals surface area (Å²) in [7, 11) is -13.0. The van der Waals surface area contributed by atoms with Crippen LogP contribution in [0.25, 0.3) is 0 Å². The van der Waals surface area contributed by atoms with Gasteiger partial charge >= 0.3 is 5.82 Å². The molecule has 28 heteroatoms. The maximum absolute atomic E-state index is 12.7. The molecule has 1 aromatic carbocycles. The summed E-state index contributed by atoms with van der Waals surface area (Å²) in [6.07, 6.45) is 15.3. The summed E-state index contributed by atoms with van der Waals surface area (Å²) in [4.78, 5) is 53.9. The van der Waals surface area contributed by atoms with E-state index in [0.717, 1.165) is 11.3 Å². The molecule has 0 spiro atoms. The Balaban J connectivity index is 1.25. The first-order valence-electron chi connectivity index (χ1n) is 26.4. The molecular formula is C52H78ClN8O16S3+. The molecule has 0 saturated heterocycles. The fraction of sp³-hybridized carbons (Fsp3) is 0.577. The minimum atomic E-state index is -4.59. The number of halogens is 1. The second-order valence-corrected chi connectivity index (χ2v) is 24.8. The Morgan fingerprint density at radius 3 is 1.93 bits per heavy atom. The first-order chi connectivity index (χ1) is 37.7. The van der Waals surface area contributed by atoms with Crippen molar-refractivity contribution in [2.75, 3.05) is 95.3 Å². The minimum Gasteiger partial charge on any atom is -0.379 e. The van der Waals surface area contributed by atoms with Crippen LogP contribution in [0.2, 0.25) is 5.02 Å². The van der Waals surface area contributed by atoms with Gasteiger partial charge in [-0.1, -0.05) is 42.7 Å². The van der Waals surface area contributed by atoms with Crippen LogP contribution in [0.15, 0.2) is 76.4 Å². The molecule has 2 aliphatic heterocycles. The lowest BCUT2D eigenvalue weighted by Gasteiger charge is -2.30. The number of anilines is 1. The lowest BCUT2D eigenvalue weighted by molar-refractivity contribution is -0.684. The van der Waals surface area contributed by atoms with Crippen LogP contribution in [0.4, 0.5) is 11.5 Å². The number of aromatic nitrogens is 1. The SMILES string of the molecule is CC1(C)C(/C=C/C=C/C=C2/N(CCCCCC(=O)NCCCOCCOCCOCCCNC(=O)CNC(=O)CNC(=O)CN)c3ccc(S(=O)(=O)O)cc3C2(C)CCCCS(=O)(=O)O)=Nc2c1cc(Cl)c[n+]2CCCS(=O)(=O)O. The van der Waals surface area contributed by atoms with E-state index in [-0.39, 0.29) is 55.7 Å². The van der Waals surface area contributed by atoms with E-state index >= 15 is 0 Å². The van der Waals surface area contributed by atoms with Crippen LogP contribution < -0.4 is 36.5 Å². The standard InChI is InChI=1S/C52H77ClN8O16S3/c1-51(2)42-33-39(53)38-60(23-14-32-79(69,70)71)50(42)59-44(51)15-6-4-7-16-45-52(3,20-9-11-31-78(66,67)68)41-34-40(80(72,73)74)18-19-43(41)61(45)24-10-5-8-17-46(62)55-21-12-25-75-27-29-77-30-28-76-26-13-22-56-48(64)36-58-49(65)37-57-47(63)35-54/h4,6-7,15-16,18-19,33-34,38H,5,8-14,17,20-32,35-37,54H2,1-3H3,(H6-,55,56,57,58,62,63,64,65,66,67,68,69,70,71,72,73,74)/p+1. The molecular weight excluding hydrogens is 1120 g/mol. The van der Waals surface area contributed by atoms with Gasteiger partial charge in [-0.05, 0) is 106 Å². The van der Waals surface area contributed by atoms with Crippen molar-refractivity contribution < 1.29 is 76.9 Å². The van der Waals surface area contributed by atoms with Gasteiger partial charge in [-0.15, -0.1) is 0 Å². The Morgan fingerprint density at radius 2 is 1.30 bits per heavy atom. The van der Waals surface area contributed by atoms with Crippen LogP contribution in [0.3, 0.4) is 0 Å². The molecule has 0 aliphatic carbocycles. The first kappa shape index (κ1) is 67.3. The van der Waals surface area contributed by atoms with Crippen molar-refractivity contribution in [1.29, 1.82) is 0 Å². The maximum Gasteiger partial charge on any atom is 0.327 e. The number of pyridine rings is 1. The molecule has 3 heterocycles. The van der Waals surface area contributed by atoms with E-state index in [0.29, 0.717) is 138 Å². The number of fused-ring (bicyclic) bond motifs is 2. The monoisotopic (exact) mass is 1200 g/mol. The molecule has 0 saturated carbocycles. The number of carbonyl (C=O) groups is 4. The maximum atomic E-state index is 12.7. The number of amides is 4. The van der Waals surface area contributed by atoms with Crippen LogP contribution in [0.5, 0.6) is 0 Å². The molecule has 4 amide bonds. The van der Waals surface area contributed by atoms with Crippen molar-refractivity contribution in [2.45, 2.75) is 107 Å². The van der Waals surface area contributed by atoms with Crippen molar-refractivity contribution in [3.63, 3.8) is 0 Å². The largest absolute Gasteiger partial charge is 0.379 e. The molecule has 1 unspecified atom stereocenters. The van der Waals surface area contributed by atoms with Gasteiger partial charge in [0.2, 0.25) is 23.6 Å². The molecule has 24 nitrogen and oxygen atoms in total. The van der Waals surface area contributed by atoms with Crippen molar-refractivity contribution in [2.24, 2.45) is 10.7 Å². The van der Waals surface area contributed by atoms with E-state index in [1.807, 2.05) is 57.2 Å². The van der Waals surface area contributed by atoms with Gasteiger partial charge in [-0.25, -0.2) is 4.57 Å². The highest BCUT2D eigenvalue weighted by Crippen LogP contribution is 2.51. The Bertz CT molecular complexity index is 2920. The van der Waals surface area contributed by atoms with E-state index in [1.165, 1.54) is 12.1 Å². The average molecular weight is 1200 g/mol. The number of nitrogens with zero attached hydrogens (tertiary/aromatic N) is 3. The molecule has 446 valence electrons. The molecule has 9 N–H and O–H groups in total. The number of hydrogen-bond donors (Lipinski definition) is 8. The van der Waals surface area contributed by atoms with Crippen molar-refractivity contribution in [1.82, 2.24) is 21.3 Å². The molecule has 2 aromatic rings. The first-order valence-corrected chi connectivity index (χ1v) is 31.5. The van der Waals surface area contributed by atoms with Crippen molar-refractivity contribution in [3.05, 3.63) is 82.7 Å². The third-order valence-corrected chi connectivity index (χ3v) is 15.8. The van der Waals surface area contributed by atoms with E-state index in [4.69, 9.17) is 36.5 Å². The highest BCUT2D eigenvalue weighted by atomic mass is 35.5. The summed E-state index contributed by atoms with van der Waals surface area (Å²) in [6, 6.07) is 6.23. The molecule has 1 aromatic heterocycles. The number of ether oxygens (including phenoxy) is 3. The Kier molecular flexibility index (Phi) is 27.3. The number of benzene rings is 1. The summed E-state index contributed by atoms with van der Waals surface area (Å²) in [5, 5.41) is 10.7. The lowest BCUT2D eigenvalue weighted by atomic mass is 9.77. The highest BCUT2D eigenvalue weighted by molar-refractivity contribution is 7.86. The van der Waals surface area contributed by atoms with Gasteiger partial charge < -0.3 is 46.1 Å². The van der Waals surface area contributed by atoms with Crippen molar-refractivity contribution >= 4 is 82.8 Å². The van der Waals surface area contributed by atoms with E-state index < -0.39 is 64.5 Å². The molecule has 80 heavy (non-hydrogen) atoms. The number of nitrogens with one attached hydrogen (secondary N) is 4. The second kappa shape index (κ2) is 32.4. The summed E-state index contributed by atoms with van der Waals surface area (Å²) >= 11 is 6.47. The number of hydrogen-bond acceptors (Lipinski definition) is 16. The average Bonchev–Trinajstić information content (AvgIpc) is 3.78. The number of unbranched alkanes of at least 4 members (excludes halogenated alkanes) is 3. The van der Waals surface area contributed by atoms with E-state index in [9.17, 15) is 58.1 Å². The fourth-order valence-electron chi connectivity index (χ4n) is 8.95. The number of nitrogens with two attached hydrogens (primary N) is 1. The topological polar surface area (TPSA) is 353 Å². The van der Waals surface area contributed by atoms with Gasteiger partial charge in [0.15, 0.2) is 5.71 Å². The molecule has 2 aliphatic rings. The summed E-state index contributed by atoms with van der Waals surface area (Å²) < 4.78 is 118. The smallest absolute Gasteiger partial charge is 0.327 e. The lowest BCUT2D eigenvalue weighted by Crippen LogP contribution is -2.43. The van der Waals surface area contributed by atoms with Crippen LogP contribution in [0, 0.1) is 0 Å². The zero-order valence-electron chi connectivity index (χ0n) is 45.6. The summed E-state index contributed by atoms with van der Waals surface area (Å²) in [6.45, 7) is 9.00. The molecule has 0 radical (unpaired) electrons. The van der Waals surface area contributed by atoms with Crippen LogP contribution in [-0.2, 0) is 81.1 Å². The van der Waals surface area contributed by atoms with Gasteiger partial charge in [0, 0.05) is 62.5 Å². The third-order valence-electron chi connectivity index (χ3n) is 13.2. The number of allylic oxidation sites excluding steroid dienone is 6. The predicted molar refractivity (Wildman–Crippen MR) is 302 cm³/mol. The Labute approximate surface area is 474 Å². The second-order valence-electron chi connectivity index (χ2n) is 19.8. The zero-order valence-corrected chi connectivity index (χ0v) is 48.8. The predicted octanol–water partition coefficient (Wildman–Crippen LogP) is 3.16. The van der Waals surface area contributed by atoms with Gasteiger partial charge in [-0.2, -0.15) is 25.3 Å². The minimum absolute atomic E-state index is 0.0960. The molecule has 4 rings (SSSR count). The summed E-state index contributed by atoms with van der Waals surface area (Å²) in [5.74, 6) is -1.70. The van der Waals surface area contributed by atoms with Crippen LogP contribution >= 0.6 is 11.6 Å². The summed E-state index contributed by atoms with van der Waals surface area (Å²) in [5.41, 5.74) is 7.36. The van der Waals surface area contributed by atoms with E-state index in [1.54, 1.807) is 16.8 Å². The Morgan fingerprint density at radius 1 is 0.700 bits per heavy atom. The van der Waals surface area contributed by atoms with Crippen LogP contribution in [0.1, 0.15) is 96.1 Å². The Hall–Kier alpha value is -5.20. The van der Waals surface area contributed by atoms with Crippen LogP contribution in [-0.4, -0.2) is 159 Å². The number of aryl methyl sites for hydroxylation is 1. The normalized spacial score (nSPS) is 16.5. The number of carbonyl (C=O) groups excluding carboxylic acids is 4. The van der Waals surface area contributed by atoms with Crippen molar-refractivity contribution in [3.8, 4) is 0 Å². The highest BCUT2D eigenvalue weighted by Gasteiger charge is 2.44. The zero-order chi connectivity index (χ0) is 59.0. The van der Waals surface area contributed by atoms with Gasteiger partial charge in [0.05, 0.1) is 85.0 Å².